The van der Waals surface area contributed by atoms with E-state index in [4.69, 9.17) is 0 Å². The molecule has 19 heavy (non-hydrogen) atoms. The summed E-state index contributed by atoms with van der Waals surface area (Å²) in [4.78, 5) is 30.9. The molecule has 0 radical (unpaired) electrons. The molecule has 0 unspecified atom stereocenters. The average Bonchev–Trinajstić information content (AvgIpc) is 2.38. The Kier molecular flexibility index (Phi) is 7.24. The van der Waals surface area contributed by atoms with E-state index in [0.717, 1.165) is 44.9 Å². The van der Waals surface area contributed by atoms with Gasteiger partial charge in [-0.1, -0.05) is 0 Å². The van der Waals surface area contributed by atoms with Gasteiger partial charge in [0.05, 0.1) is 0 Å². The van der Waals surface area contributed by atoms with E-state index in [1.807, 2.05) is 0 Å². The van der Waals surface area contributed by atoms with Gasteiger partial charge in [-0.3, -0.25) is 0 Å². The van der Waals surface area contributed by atoms with Crippen molar-refractivity contribution >= 4 is 7.28 Å². The summed E-state index contributed by atoms with van der Waals surface area (Å²) < 4.78 is 0. The van der Waals surface area contributed by atoms with Crippen LogP contribution in [0.3, 0.4) is 0 Å². The molecule has 0 saturated heterocycles. The molecule has 4 heteroatoms. The van der Waals surface area contributed by atoms with Crippen LogP contribution in [0.25, 0.3) is 0 Å². The van der Waals surface area contributed by atoms with Crippen LogP contribution < -0.4 is 0 Å². The van der Waals surface area contributed by atoms with Gasteiger partial charge >= 0.3 is 118 Å². The van der Waals surface area contributed by atoms with E-state index in [1.165, 1.54) is 32.1 Å². The van der Waals surface area contributed by atoms with Crippen LogP contribution in [0.1, 0.15) is 84.0 Å². The molecule has 0 bridgehead atoms. The van der Waals surface area contributed by atoms with Crippen LogP contribution in [0.2, 0.25) is 0 Å². The van der Waals surface area contributed by atoms with Gasteiger partial charge in [-0.15, -0.1) is 0 Å². The molecule has 1 aliphatic carbocycles. The molecule has 1 aliphatic rings. The van der Waals surface area contributed by atoms with Crippen LogP contribution >= 0.6 is 7.28 Å². The first-order valence-electron chi connectivity index (χ1n) is 8.20. The van der Waals surface area contributed by atoms with Crippen molar-refractivity contribution in [3.63, 3.8) is 0 Å². The van der Waals surface area contributed by atoms with E-state index in [9.17, 15) is 14.7 Å². The Hall–Kier alpha value is 0.310. The van der Waals surface area contributed by atoms with Crippen molar-refractivity contribution in [3.05, 3.63) is 0 Å². The Bertz CT molecular complexity index is 242. The average molecular weight is 292 g/mol. The van der Waals surface area contributed by atoms with Gasteiger partial charge in [-0.05, 0) is 0 Å². The van der Waals surface area contributed by atoms with Crippen LogP contribution in [0.4, 0.5) is 0 Å². The topological polar surface area (TPSA) is 60.7 Å². The van der Waals surface area contributed by atoms with Gasteiger partial charge in [0.1, 0.15) is 0 Å². The zero-order valence-electron chi connectivity index (χ0n) is 12.6. The predicted molar refractivity (Wildman–Crippen MR) is 83.3 cm³/mol. The zero-order valence-corrected chi connectivity index (χ0v) is 13.5. The van der Waals surface area contributed by atoms with Crippen LogP contribution in [-0.4, -0.2) is 26.5 Å². The fourth-order valence-corrected chi connectivity index (χ4v) is 5.78. The summed E-state index contributed by atoms with van der Waals surface area (Å²) in [7, 11) is -4.35. The van der Waals surface area contributed by atoms with E-state index in [1.54, 1.807) is 0 Å². The van der Waals surface area contributed by atoms with Gasteiger partial charge in [0.2, 0.25) is 0 Å². The molecule has 1 saturated carbocycles. The van der Waals surface area contributed by atoms with E-state index in [-0.39, 0.29) is 11.8 Å². The Labute approximate surface area is 118 Å². The van der Waals surface area contributed by atoms with Crippen molar-refractivity contribution in [3.8, 4) is 0 Å². The summed E-state index contributed by atoms with van der Waals surface area (Å²) in [6.45, 7) is 2.21. The molecule has 0 amide bonds. The Balaban J connectivity index is 2.21. The molecule has 3 nitrogen and oxygen atoms in total. The SMILES string of the molecule is CCCCCCCCCP(O)(O)(O)C1CCCCC1. The normalized spacial score (nSPS) is 20.1. The molecule has 0 aromatic rings. The van der Waals surface area contributed by atoms with Crippen molar-refractivity contribution in [1.29, 1.82) is 0 Å². The third kappa shape index (κ3) is 6.53. The zero-order chi connectivity index (χ0) is 14.2. The van der Waals surface area contributed by atoms with E-state index in [0.29, 0.717) is 0 Å². The number of rotatable bonds is 9. The molecule has 0 atom stereocenters. The molecular formula is C15H33O3P. The number of unbranched alkanes of at least 4 members (excludes halogenated alkanes) is 6. The Morgan fingerprint density at radius 2 is 1.32 bits per heavy atom. The third-order valence-electron chi connectivity index (χ3n) is 4.51. The van der Waals surface area contributed by atoms with E-state index >= 15 is 0 Å². The number of hydrogen-bond donors (Lipinski definition) is 3. The molecule has 0 aliphatic heterocycles. The monoisotopic (exact) mass is 292 g/mol. The van der Waals surface area contributed by atoms with Gasteiger partial charge in [-0.25, -0.2) is 0 Å². The van der Waals surface area contributed by atoms with Gasteiger partial charge in [0, 0.05) is 0 Å². The van der Waals surface area contributed by atoms with Crippen molar-refractivity contribution in [2.45, 2.75) is 89.6 Å². The standard InChI is InChI=1S/C15H33O3P/c1-2-3-4-5-6-7-11-14-19(16,17,18)15-12-9-8-10-13-15/h15-18H,2-14H2,1H3. The first-order chi connectivity index (χ1) is 8.94. The molecule has 0 aromatic heterocycles. The van der Waals surface area contributed by atoms with Crippen LogP contribution in [0, 0.1) is 0 Å². The minimum absolute atomic E-state index is 0.226. The Morgan fingerprint density at radius 3 is 1.89 bits per heavy atom. The molecule has 0 spiro atoms. The number of hydrogen-bond acceptors (Lipinski definition) is 3. The van der Waals surface area contributed by atoms with Crippen molar-refractivity contribution < 1.29 is 14.7 Å². The minimum atomic E-state index is -4.35. The van der Waals surface area contributed by atoms with Gasteiger partial charge < -0.3 is 0 Å². The summed E-state index contributed by atoms with van der Waals surface area (Å²) in [6.07, 6.45) is 13.0. The molecule has 3 N–H and O–H groups in total. The first-order valence-corrected chi connectivity index (χ1v) is 10.5. The van der Waals surface area contributed by atoms with Crippen LogP contribution in [-0.2, 0) is 0 Å². The van der Waals surface area contributed by atoms with Gasteiger partial charge in [-0.2, -0.15) is 0 Å². The quantitative estimate of drug-likeness (QED) is 0.437. The molecule has 116 valence electrons. The predicted octanol–water partition coefficient (Wildman–Crippen LogP) is 4.34. The second-order valence-corrected chi connectivity index (χ2v) is 9.98. The molecule has 1 rings (SSSR count). The van der Waals surface area contributed by atoms with Crippen molar-refractivity contribution in [2.75, 3.05) is 6.16 Å². The summed E-state index contributed by atoms with van der Waals surface area (Å²) >= 11 is 0. The van der Waals surface area contributed by atoms with Crippen LogP contribution in [0.5, 0.6) is 0 Å². The second-order valence-electron chi connectivity index (χ2n) is 6.36. The summed E-state index contributed by atoms with van der Waals surface area (Å²) in [5.74, 6) is 0. The molecular weight excluding hydrogens is 259 g/mol. The van der Waals surface area contributed by atoms with Gasteiger partial charge in [0.25, 0.3) is 0 Å². The van der Waals surface area contributed by atoms with Crippen molar-refractivity contribution in [2.24, 2.45) is 0 Å². The maximum atomic E-state index is 10.3. The van der Waals surface area contributed by atoms with E-state index < -0.39 is 7.28 Å². The van der Waals surface area contributed by atoms with Crippen LogP contribution in [0.15, 0.2) is 0 Å². The summed E-state index contributed by atoms with van der Waals surface area (Å²) in [6, 6.07) is 0. The molecule has 1 fully saturated rings. The molecule has 0 aromatic carbocycles. The third-order valence-corrected chi connectivity index (χ3v) is 7.70. The van der Waals surface area contributed by atoms with E-state index in [2.05, 4.69) is 6.92 Å². The van der Waals surface area contributed by atoms with Gasteiger partial charge in [0.15, 0.2) is 0 Å². The second kappa shape index (κ2) is 7.93. The fourth-order valence-electron chi connectivity index (χ4n) is 3.16. The first kappa shape index (κ1) is 17.4. The van der Waals surface area contributed by atoms with Crippen molar-refractivity contribution in [1.82, 2.24) is 0 Å². The fraction of sp³-hybridized carbons (Fsp3) is 1.00. The Morgan fingerprint density at radius 1 is 0.789 bits per heavy atom. The maximum absolute atomic E-state index is 10.3. The summed E-state index contributed by atoms with van der Waals surface area (Å²) in [5.41, 5.74) is -0.236. The molecule has 0 heterocycles. The summed E-state index contributed by atoms with van der Waals surface area (Å²) in [5, 5.41) is 0.